The van der Waals surface area contributed by atoms with Crippen LogP contribution in [-0.4, -0.2) is 38.8 Å². The van der Waals surface area contributed by atoms with Crippen LogP contribution in [0.3, 0.4) is 0 Å². The summed E-state index contributed by atoms with van der Waals surface area (Å²) in [5, 5.41) is 7.96. The smallest absolute Gasteiger partial charge is 0.243 e. The lowest BCUT2D eigenvalue weighted by Gasteiger charge is -2.12. The van der Waals surface area contributed by atoms with Crippen LogP contribution in [0.4, 0.5) is 18.9 Å². The van der Waals surface area contributed by atoms with Crippen molar-refractivity contribution in [2.45, 2.75) is 6.42 Å². The normalized spacial score (nSPS) is 12.6. The fourth-order valence-electron chi connectivity index (χ4n) is 2.62. The quantitative estimate of drug-likeness (QED) is 0.388. The van der Waals surface area contributed by atoms with Crippen LogP contribution in [0.15, 0.2) is 35.3 Å². The van der Waals surface area contributed by atoms with Crippen LogP contribution < -0.4 is 25.4 Å². The van der Waals surface area contributed by atoms with E-state index in [0.29, 0.717) is 30.4 Å². The van der Waals surface area contributed by atoms with Crippen LogP contribution in [0.25, 0.3) is 0 Å². The van der Waals surface area contributed by atoms with Gasteiger partial charge >= 0.3 is 0 Å². The molecular weight excluding hydrogens is 389 g/mol. The van der Waals surface area contributed by atoms with Gasteiger partial charge in [-0.1, -0.05) is 6.07 Å². The van der Waals surface area contributed by atoms with E-state index in [1.165, 1.54) is 7.05 Å². The average molecular weight is 408 g/mol. The van der Waals surface area contributed by atoms with Gasteiger partial charge in [0, 0.05) is 13.6 Å². The zero-order chi connectivity index (χ0) is 20.8. The van der Waals surface area contributed by atoms with Crippen molar-refractivity contribution in [2.75, 3.05) is 32.2 Å². The molecular formula is C19H19F3N4O3. The number of halogens is 3. The first-order valence-corrected chi connectivity index (χ1v) is 8.74. The van der Waals surface area contributed by atoms with E-state index in [-0.39, 0.29) is 13.3 Å². The average Bonchev–Trinajstić information content (AvgIpc) is 3.19. The number of rotatable bonds is 6. The Morgan fingerprint density at radius 3 is 2.66 bits per heavy atom. The number of nitrogens with zero attached hydrogens (tertiary/aromatic N) is 1. The molecule has 0 fully saturated rings. The van der Waals surface area contributed by atoms with Gasteiger partial charge in [0.1, 0.15) is 0 Å². The van der Waals surface area contributed by atoms with E-state index in [9.17, 15) is 18.0 Å². The molecule has 3 rings (SSSR count). The first-order chi connectivity index (χ1) is 14.0. The van der Waals surface area contributed by atoms with Gasteiger partial charge in [-0.3, -0.25) is 9.79 Å². The molecule has 0 saturated heterocycles. The van der Waals surface area contributed by atoms with E-state index in [1.807, 2.05) is 18.2 Å². The summed E-state index contributed by atoms with van der Waals surface area (Å²) in [5.74, 6) is -3.30. The molecule has 1 aliphatic heterocycles. The minimum atomic E-state index is -1.64. The highest BCUT2D eigenvalue weighted by Gasteiger charge is 2.15. The lowest BCUT2D eigenvalue weighted by Crippen LogP contribution is -2.42. The fourth-order valence-corrected chi connectivity index (χ4v) is 2.62. The Hall–Kier alpha value is -3.43. The predicted molar refractivity (Wildman–Crippen MR) is 101 cm³/mol. The zero-order valence-electron chi connectivity index (χ0n) is 15.5. The number of carbonyl (C=O) groups excluding carboxylic acids is 1. The molecule has 0 unspecified atom stereocenters. The topological polar surface area (TPSA) is 84.0 Å². The first kappa shape index (κ1) is 20.3. The van der Waals surface area contributed by atoms with Gasteiger partial charge in [0.05, 0.1) is 12.2 Å². The van der Waals surface area contributed by atoms with E-state index in [2.05, 4.69) is 20.9 Å². The third-order valence-electron chi connectivity index (χ3n) is 4.09. The van der Waals surface area contributed by atoms with Crippen molar-refractivity contribution >= 4 is 17.6 Å². The standard InChI is InChI=1S/C19H19F3N4O3/c1-23-19(24-7-6-11-2-5-14-15(8-11)29-10-28-14)25-9-16(27)26-13-4-3-12(20)17(21)18(13)22/h2-5,8H,6-7,9-10H2,1H3,(H,26,27)(H2,23,24,25). The molecule has 0 spiro atoms. The maximum atomic E-state index is 13.6. The predicted octanol–water partition coefficient (Wildman–Crippen LogP) is 2.18. The third kappa shape index (κ3) is 5.09. The molecule has 0 aromatic heterocycles. The van der Waals surface area contributed by atoms with Crippen LogP contribution in [0.1, 0.15) is 5.56 Å². The molecule has 0 radical (unpaired) electrons. The van der Waals surface area contributed by atoms with E-state index < -0.39 is 29.0 Å². The minimum absolute atomic E-state index is 0.212. The molecule has 10 heteroatoms. The van der Waals surface area contributed by atoms with Crippen LogP contribution in [0, 0.1) is 17.5 Å². The Morgan fingerprint density at radius 2 is 1.86 bits per heavy atom. The second-order valence-corrected chi connectivity index (χ2v) is 6.06. The molecule has 0 atom stereocenters. The van der Waals surface area contributed by atoms with E-state index in [0.717, 1.165) is 17.7 Å². The highest BCUT2D eigenvalue weighted by Crippen LogP contribution is 2.32. The number of anilines is 1. The second kappa shape index (κ2) is 9.18. The highest BCUT2D eigenvalue weighted by molar-refractivity contribution is 5.95. The Balaban J connectivity index is 1.44. The summed E-state index contributed by atoms with van der Waals surface area (Å²) in [4.78, 5) is 15.9. The SMILES string of the molecule is CN=C(NCCc1ccc2c(c1)OCO2)NCC(=O)Nc1ccc(F)c(F)c1F. The molecule has 7 nitrogen and oxygen atoms in total. The van der Waals surface area contributed by atoms with E-state index >= 15 is 0 Å². The molecule has 1 heterocycles. The summed E-state index contributed by atoms with van der Waals surface area (Å²) < 4.78 is 50.3. The lowest BCUT2D eigenvalue weighted by molar-refractivity contribution is -0.115. The van der Waals surface area contributed by atoms with Gasteiger partial charge in [0.15, 0.2) is 34.9 Å². The number of ether oxygens (including phenoxy) is 2. The van der Waals surface area contributed by atoms with Crippen LogP contribution >= 0.6 is 0 Å². The Morgan fingerprint density at radius 1 is 1.07 bits per heavy atom. The Kier molecular flexibility index (Phi) is 6.43. The molecule has 0 bridgehead atoms. The molecule has 29 heavy (non-hydrogen) atoms. The van der Waals surface area contributed by atoms with Crippen molar-refractivity contribution in [1.82, 2.24) is 10.6 Å². The molecule has 3 N–H and O–H groups in total. The van der Waals surface area contributed by atoms with Crippen LogP contribution in [0.5, 0.6) is 11.5 Å². The summed E-state index contributed by atoms with van der Waals surface area (Å²) in [5.41, 5.74) is 0.588. The van der Waals surface area contributed by atoms with E-state index in [4.69, 9.17) is 9.47 Å². The van der Waals surface area contributed by atoms with Crippen molar-refractivity contribution in [1.29, 1.82) is 0 Å². The zero-order valence-corrected chi connectivity index (χ0v) is 15.5. The maximum absolute atomic E-state index is 13.6. The number of aliphatic imine (C=N–C) groups is 1. The number of benzene rings is 2. The minimum Gasteiger partial charge on any atom is -0.454 e. The van der Waals surface area contributed by atoms with Crippen molar-refractivity contribution in [3.63, 3.8) is 0 Å². The number of hydrogen-bond donors (Lipinski definition) is 3. The molecule has 1 amide bonds. The summed E-state index contributed by atoms with van der Waals surface area (Å²) >= 11 is 0. The van der Waals surface area contributed by atoms with Gasteiger partial charge in [0.25, 0.3) is 0 Å². The number of guanidine groups is 1. The Labute approximate surface area is 164 Å². The third-order valence-corrected chi connectivity index (χ3v) is 4.09. The molecule has 1 aliphatic rings. The summed E-state index contributed by atoms with van der Waals surface area (Å²) in [7, 11) is 1.53. The number of fused-ring (bicyclic) bond motifs is 1. The second-order valence-electron chi connectivity index (χ2n) is 6.06. The summed E-state index contributed by atoms with van der Waals surface area (Å²) in [6, 6.07) is 7.34. The number of amides is 1. The van der Waals surface area contributed by atoms with Gasteiger partial charge < -0.3 is 25.4 Å². The number of carbonyl (C=O) groups is 1. The largest absolute Gasteiger partial charge is 0.454 e. The molecule has 2 aromatic rings. The van der Waals surface area contributed by atoms with Crippen molar-refractivity contribution < 1.29 is 27.4 Å². The van der Waals surface area contributed by atoms with Crippen molar-refractivity contribution in [3.05, 3.63) is 53.3 Å². The Bertz CT molecular complexity index is 937. The van der Waals surface area contributed by atoms with E-state index in [1.54, 1.807) is 0 Å². The number of nitrogens with one attached hydrogen (secondary N) is 3. The summed E-state index contributed by atoms with van der Waals surface area (Å²) in [6.45, 7) is 0.491. The first-order valence-electron chi connectivity index (χ1n) is 8.74. The fraction of sp³-hybridized carbons (Fsp3) is 0.263. The highest BCUT2D eigenvalue weighted by atomic mass is 19.2. The van der Waals surface area contributed by atoms with Gasteiger partial charge in [-0.15, -0.1) is 0 Å². The summed E-state index contributed by atoms with van der Waals surface area (Å²) in [6.07, 6.45) is 0.670. The van der Waals surface area contributed by atoms with Crippen molar-refractivity contribution in [3.8, 4) is 11.5 Å². The van der Waals surface area contributed by atoms with Crippen molar-refractivity contribution in [2.24, 2.45) is 4.99 Å². The monoisotopic (exact) mass is 408 g/mol. The van der Waals surface area contributed by atoms with Crippen LogP contribution in [0.2, 0.25) is 0 Å². The van der Waals surface area contributed by atoms with Crippen LogP contribution in [-0.2, 0) is 11.2 Å². The maximum Gasteiger partial charge on any atom is 0.243 e. The van der Waals surface area contributed by atoms with Gasteiger partial charge in [0.2, 0.25) is 12.7 Å². The molecule has 154 valence electrons. The number of hydrogen-bond acceptors (Lipinski definition) is 4. The molecule has 2 aromatic carbocycles. The lowest BCUT2D eigenvalue weighted by atomic mass is 10.1. The van der Waals surface area contributed by atoms with Gasteiger partial charge in [-0.2, -0.15) is 0 Å². The molecule has 0 aliphatic carbocycles. The van der Waals surface area contributed by atoms with Gasteiger partial charge in [-0.25, -0.2) is 13.2 Å². The molecule has 0 saturated carbocycles. The van der Waals surface area contributed by atoms with Gasteiger partial charge in [-0.05, 0) is 36.2 Å².